The second-order valence-corrected chi connectivity index (χ2v) is 7.29. The second kappa shape index (κ2) is 7.51. The molecule has 24 heavy (non-hydrogen) atoms. The number of sulfonamides is 1. The predicted octanol–water partition coefficient (Wildman–Crippen LogP) is 0.0495. The SMILES string of the molecule is COc1cc(C#N)ccc1OCC(=O)N1CCN(S(C)(=O)=O)CC1. The van der Waals surface area contributed by atoms with Crippen LogP contribution in [0.1, 0.15) is 5.56 Å². The third-order valence-corrected chi connectivity index (χ3v) is 5.01. The van der Waals surface area contributed by atoms with Crippen LogP contribution in [0.3, 0.4) is 0 Å². The van der Waals surface area contributed by atoms with Gasteiger partial charge in [-0.1, -0.05) is 0 Å². The third-order valence-electron chi connectivity index (χ3n) is 3.70. The van der Waals surface area contributed by atoms with Gasteiger partial charge in [-0.05, 0) is 12.1 Å². The number of hydrogen-bond acceptors (Lipinski definition) is 6. The number of hydrogen-bond donors (Lipinski definition) is 0. The van der Waals surface area contributed by atoms with E-state index < -0.39 is 10.0 Å². The average molecular weight is 353 g/mol. The van der Waals surface area contributed by atoms with Crippen LogP contribution in [0.4, 0.5) is 0 Å². The summed E-state index contributed by atoms with van der Waals surface area (Å²) in [6, 6.07) is 6.68. The van der Waals surface area contributed by atoms with Crippen LogP contribution in [0, 0.1) is 11.3 Å². The van der Waals surface area contributed by atoms with E-state index in [1.165, 1.54) is 17.5 Å². The largest absolute Gasteiger partial charge is 0.493 e. The maximum atomic E-state index is 12.2. The Balaban J connectivity index is 1.92. The van der Waals surface area contributed by atoms with Crippen LogP contribution < -0.4 is 9.47 Å². The molecule has 0 spiro atoms. The molecule has 0 bridgehead atoms. The summed E-state index contributed by atoms with van der Waals surface area (Å²) in [7, 11) is -1.77. The van der Waals surface area contributed by atoms with Crippen molar-refractivity contribution < 1.29 is 22.7 Å². The minimum atomic E-state index is -3.22. The van der Waals surface area contributed by atoms with Crippen LogP contribution in [0.2, 0.25) is 0 Å². The second-order valence-electron chi connectivity index (χ2n) is 5.31. The first-order chi connectivity index (χ1) is 11.3. The average Bonchev–Trinajstić information content (AvgIpc) is 2.58. The van der Waals surface area contributed by atoms with E-state index in [2.05, 4.69) is 0 Å². The highest BCUT2D eigenvalue weighted by Crippen LogP contribution is 2.27. The molecule has 0 radical (unpaired) electrons. The van der Waals surface area contributed by atoms with Gasteiger partial charge in [-0.3, -0.25) is 4.79 Å². The Morgan fingerprint density at radius 3 is 2.46 bits per heavy atom. The fourth-order valence-electron chi connectivity index (χ4n) is 2.36. The van der Waals surface area contributed by atoms with E-state index in [0.29, 0.717) is 30.2 Å². The highest BCUT2D eigenvalue weighted by atomic mass is 32.2. The van der Waals surface area contributed by atoms with E-state index >= 15 is 0 Å². The van der Waals surface area contributed by atoms with Crippen molar-refractivity contribution in [2.24, 2.45) is 0 Å². The van der Waals surface area contributed by atoms with Crippen LogP contribution in [0.5, 0.6) is 11.5 Å². The summed E-state index contributed by atoms with van der Waals surface area (Å²) < 4.78 is 34.9. The van der Waals surface area contributed by atoms with E-state index in [1.54, 1.807) is 17.0 Å². The number of rotatable bonds is 5. The van der Waals surface area contributed by atoms with Crippen LogP contribution >= 0.6 is 0 Å². The topological polar surface area (TPSA) is 99.9 Å². The van der Waals surface area contributed by atoms with Gasteiger partial charge in [0.25, 0.3) is 5.91 Å². The first-order valence-corrected chi connectivity index (χ1v) is 9.14. The summed E-state index contributed by atoms with van der Waals surface area (Å²) in [5, 5.41) is 8.86. The fraction of sp³-hybridized carbons (Fsp3) is 0.467. The molecular formula is C15H19N3O5S. The molecule has 0 atom stereocenters. The molecule has 1 aliphatic heterocycles. The van der Waals surface area contributed by atoms with E-state index in [1.807, 2.05) is 6.07 Å². The lowest BCUT2D eigenvalue weighted by molar-refractivity contribution is -0.134. The van der Waals surface area contributed by atoms with Crippen LogP contribution in [0.25, 0.3) is 0 Å². The molecule has 9 heteroatoms. The van der Waals surface area contributed by atoms with Gasteiger partial charge in [-0.25, -0.2) is 8.42 Å². The van der Waals surface area contributed by atoms with Gasteiger partial charge in [0.05, 0.1) is 25.0 Å². The molecule has 130 valence electrons. The molecule has 1 aromatic carbocycles. The van der Waals surface area contributed by atoms with Crippen molar-refractivity contribution in [2.75, 3.05) is 46.2 Å². The molecule has 0 unspecified atom stereocenters. The minimum absolute atomic E-state index is 0.179. The highest BCUT2D eigenvalue weighted by molar-refractivity contribution is 7.88. The Morgan fingerprint density at radius 2 is 1.92 bits per heavy atom. The van der Waals surface area contributed by atoms with Gasteiger partial charge in [-0.15, -0.1) is 0 Å². The van der Waals surface area contributed by atoms with E-state index in [4.69, 9.17) is 14.7 Å². The molecule has 0 aliphatic carbocycles. The Kier molecular flexibility index (Phi) is 5.64. The van der Waals surface area contributed by atoms with Gasteiger partial charge in [0.15, 0.2) is 18.1 Å². The number of carbonyl (C=O) groups is 1. The maximum Gasteiger partial charge on any atom is 0.260 e. The molecule has 1 saturated heterocycles. The van der Waals surface area contributed by atoms with Crippen molar-refractivity contribution in [3.05, 3.63) is 23.8 Å². The summed E-state index contributed by atoms with van der Waals surface area (Å²) >= 11 is 0. The predicted molar refractivity (Wildman–Crippen MR) is 86.2 cm³/mol. The number of nitriles is 1. The van der Waals surface area contributed by atoms with E-state index in [9.17, 15) is 13.2 Å². The molecule has 0 aromatic heterocycles. The normalized spacial score (nSPS) is 15.6. The molecule has 2 rings (SSSR count). The lowest BCUT2D eigenvalue weighted by atomic mass is 10.2. The molecular weight excluding hydrogens is 334 g/mol. The summed E-state index contributed by atoms with van der Waals surface area (Å²) in [5.41, 5.74) is 0.433. The number of carbonyl (C=O) groups excluding carboxylic acids is 1. The quantitative estimate of drug-likeness (QED) is 0.741. The standard InChI is InChI=1S/C15H19N3O5S/c1-22-14-9-12(10-16)3-4-13(14)23-11-15(19)17-5-7-18(8-6-17)24(2,20)21/h3-4,9H,5-8,11H2,1-2H3. The maximum absolute atomic E-state index is 12.2. The number of ether oxygens (including phenoxy) is 2. The Hall–Kier alpha value is -2.31. The first kappa shape index (κ1) is 18.0. The number of piperazine rings is 1. The Morgan fingerprint density at radius 1 is 1.25 bits per heavy atom. The lowest BCUT2D eigenvalue weighted by Gasteiger charge is -2.33. The van der Waals surface area contributed by atoms with Gasteiger partial charge in [-0.2, -0.15) is 9.57 Å². The molecule has 1 heterocycles. The highest BCUT2D eigenvalue weighted by Gasteiger charge is 2.26. The van der Waals surface area contributed by atoms with Crippen molar-refractivity contribution in [1.82, 2.24) is 9.21 Å². The first-order valence-electron chi connectivity index (χ1n) is 7.29. The summed E-state index contributed by atoms with van der Waals surface area (Å²) in [5.74, 6) is 0.526. The summed E-state index contributed by atoms with van der Waals surface area (Å²) in [6.45, 7) is 1.05. The Labute approximate surface area is 141 Å². The molecule has 8 nitrogen and oxygen atoms in total. The summed E-state index contributed by atoms with van der Waals surface area (Å²) in [4.78, 5) is 13.8. The zero-order chi connectivity index (χ0) is 17.7. The van der Waals surface area contributed by atoms with Crippen LogP contribution in [-0.2, 0) is 14.8 Å². The van der Waals surface area contributed by atoms with Crippen molar-refractivity contribution in [2.45, 2.75) is 0 Å². The summed E-state index contributed by atoms with van der Waals surface area (Å²) in [6.07, 6.45) is 1.16. The van der Waals surface area contributed by atoms with Crippen molar-refractivity contribution in [3.8, 4) is 17.6 Å². The number of nitrogens with zero attached hydrogens (tertiary/aromatic N) is 3. The number of amides is 1. The van der Waals surface area contributed by atoms with Gasteiger partial charge in [0, 0.05) is 32.2 Å². The zero-order valence-corrected chi connectivity index (χ0v) is 14.4. The van der Waals surface area contributed by atoms with Gasteiger partial charge >= 0.3 is 0 Å². The molecule has 1 fully saturated rings. The molecule has 0 saturated carbocycles. The van der Waals surface area contributed by atoms with Gasteiger partial charge < -0.3 is 14.4 Å². The van der Waals surface area contributed by atoms with Crippen molar-refractivity contribution in [3.63, 3.8) is 0 Å². The fourth-order valence-corrected chi connectivity index (χ4v) is 3.18. The molecule has 0 N–H and O–H groups in total. The smallest absolute Gasteiger partial charge is 0.260 e. The lowest BCUT2D eigenvalue weighted by Crippen LogP contribution is -2.51. The van der Waals surface area contributed by atoms with E-state index in [0.717, 1.165) is 6.26 Å². The van der Waals surface area contributed by atoms with E-state index in [-0.39, 0.29) is 25.6 Å². The van der Waals surface area contributed by atoms with Crippen molar-refractivity contribution in [1.29, 1.82) is 5.26 Å². The third kappa shape index (κ3) is 4.37. The zero-order valence-electron chi connectivity index (χ0n) is 13.6. The molecule has 1 aromatic rings. The molecule has 1 amide bonds. The monoisotopic (exact) mass is 353 g/mol. The van der Waals surface area contributed by atoms with Gasteiger partial charge in [0.2, 0.25) is 10.0 Å². The molecule has 1 aliphatic rings. The Bertz CT molecular complexity index is 749. The van der Waals surface area contributed by atoms with Crippen LogP contribution in [0.15, 0.2) is 18.2 Å². The van der Waals surface area contributed by atoms with Crippen molar-refractivity contribution >= 4 is 15.9 Å². The number of methoxy groups -OCH3 is 1. The number of benzene rings is 1. The van der Waals surface area contributed by atoms with Gasteiger partial charge in [0.1, 0.15) is 0 Å². The van der Waals surface area contributed by atoms with Crippen LogP contribution in [-0.4, -0.2) is 69.7 Å². The minimum Gasteiger partial charge on any atom is -0.493 e.